The average molecular weight is 405 g/mol. The molecule has 0 bridgehead atoms. The molecule has 27 heavy (non-hydrogen) atoms. The number of anilines is 1. The summed E-state index contributed by atoms with van der Waals surface area (Å²) >= 11 is 2.90. The van der Waals surface area contributed by atoms with Crippen molar-refractivity contribution in [2.75, 3.05) is 12.4 Å². The van der Waals surface area contributed by atoms with E-state index >= 15 is 0 Å². The molecule has 142 valence electrons. The number of nitrogens with one attached hydrogen (secondary N) is 1. The fourth-order valence-electron chi connectivity index (χ4n) is 2.29. The number of thiazole rings is 1. The topological polar surface area (TPSA) is 86.2 Å². The number of carbonyl (C=O) groups excluding carboxylic acids is 1. The van der Waals surface area contributed by atoms with Crippen molar-refractivity contribution in [2.24, 2.45) is 5.92 Å². The second-order valence-corrected chi connectivity index (χ2v) is 7.97. The first-order chi connectivity index (χ1) is 13.0. The average Bonchev–Trinajstić information content (AvgIpc) is 3.31. The number of ether oxygens (including phenoxy) is 2. The van der Waals surface area contributed by atoms with Gasteiger partial charge in [-0.1, -0.05) is 25.2 Å². The van der Waals surface area contributed by atoms with Gasteiger partial charge in [0.15, 0.2) is 11.5 Å². The van der Waals surface area contributed by atoms with Crippen LogP contribution in [0.4, 0.5) is 5.13 Å². The van der Waals surface area contributed by atoms with Crippen LogP contribution in [0.1, 0.15) is 34.9 Å². The van der Waals surface area contributed by atoms with E-state index in [-0.39, 0.29) is 5.91 Å². The first-order valence-electron chi connectivity index (χ1n) is 8.36. The van der Waals surface area contributed by atoms with Gasteiger partial charge in [0.2, 0.25) is 5.13 Å². The second-order valence-electron chi connectivity index (χ2n) is 6.19. The highest BCUT2D eigenvalue weighted by atomic mass is 32.1. The highest BCUT2D eigenvalue weighted by molar-refractivity contribution is 7.15. The Morgan fingerprint density at radius 2 is 2.11 bits per heavy atom. The fraction of sp³-hybridized carbons (Fsp3) is 0.333. The van der Waals surface area contributed by atoms with Crippen molar-refractivity contribution >= 4 is 33.7 Å². The Hall–Kier alpha value is -2.52. The zero-order valence-corrected chi connectivity index (χ0v) is 16.9. The number of benzene rings is 1. The number of carbonyl (C=O) groups is 1. The lowest BCUT2D eigenvalue weighted by Gasteiger charge is -2.11. The number of methoxy groups -OCH3 is 1. The maximum atomic E-state index is 12.5. The number of hydrogen-bond donors (Lipinski definition) is 1. The third-order valence-electron chi connectivity index (χ3n) is 3.56. The van der Waals surface area contributed by atoms with E-state index in [4.69, 9.17) is 9.47 Å². The van der Waals surface area contributed by atoms with Crippen LogP contribution in [-0.4, -0.2) is 28.2 Å². The van der Waals surface area contributed by atoms with E-state index < -0.39 is 0 Å². The fourth-order valence-corrected chi connectivity index (χ4v) is 3.78. The van der Waals surface area contributed by atoms with Crippen LogP contribution in [-0.2, 0) is 13.0 Å². The summed E-state index contributed by atoms with van der Waals surface area (Å²) < 4.78 is 11.1. The molecule has 0 fully saturated rings. The third kappa shape index (κ3) is 5.24. The van der Waals surface area contributed by atoms with Crippen LogP contribution in [0.25, 0.3) is 0 Å². The molecule has 9 heteroatoms. The van der Waals surface area contributed by atoms with Gasteiger partial charge in [-0.2, -0.15) is 0 Å². The van der Waals surface area contributed by atoms with E-state index in [9.17, 15) is 4.79 Å². The molecule has 0 radical (unpaired) electrons. The van der Waals surface area contributed by atoms with E-state index in [1.54, 1.807) is 23.7 Å². The lowest BCUT2D eigenvalue weighted by atomic mass is 10.1. The van der Waals surface area contributed by atoms with Gasteiger partial charge in [0, 0.05) is 17.4 Å². The van der Waals surface area contributed by atoms with Gasteiger partial charge < -0.3 is 9.47 Å². The van der Waals surface area contributed by atoms with Gasteiger partial charge in [0.25, 0.3) is 5.91 Å². The molecule has 0 unspecified atom stereocenters. The Kier molecular flexibility index (Phi) is 6.36. The number of hydrogen-bond acceptors (Lipinski definition) is 8. The highest BCUT2D eigenvalue weighted by Gasteiger charge is 2.14. The molecule has 3 aromatic rings. The van der Waals surface area contributed by atoms with Gasteiger partial charge in [-0.3, -0.25) is 10.1 Å². The van der Waals surface area contributed by atoms with E-state index in [1.807, 2.05) is 5.38 Å². The SMILES string of the molecule is COc1cc(C(=O)Nc2nnc(CC(C)C)s2)ccc1OCc1cscn1. The molecule has 0 spiro atoms. The summed E-state index contributed by atoms with van der Waals surface area (Å²) in [5, 5.41) is 14.2. The number of nitrogens with zero attached hydrogens (tertiary/aromatic N) is 3. The van der Waals surface area contributed by atoms with E-state index in [1.165, 1.54) is 29.8 Å². The van der Waals surface area contributed by atoms with Crippen molar-refractivity contribution in [2.45, 2.75) is 26.9 Å². The Labute approximate surface area is 165 Å². The number of aromatic nitrogens is 3. The van der Waals surface area contributed by atoms with Crippen LogP contribution in [0, 0.1) is 5.92 Å². The molecular formula is C18H20N4O3S2. The van der Waals surface area contributed by atoms with Gasteiger partial charge in [0.1, 0.15) is 11.6 Å². The van der Waals surface area contributed by atoms with Gasteiger partial charge >= 0.3 is 0 Å². The van der Waals surface area contributed by atoms with Crippen molar-refractivity contribution in [3.05, 3.63) is 45.4 Å². The van der Waals surface area contributed by atoms with Crippen molar-refractivity contribution in [1.82, 2.24) is 15.2 Å². The summed E-state index contributed by atoms with van der Waals surface area (Å²) in [6.07, 6.45) is 0.840. The third-order valence-corrected chi connectivity index (χ3v) is 5.05. The Morgan fingerprint density at radius 1 is 1.26 bits per heavy atom. The molecule has 1 amide bonds. The smallest absolute Gasteiger partial charge is 0.257 e. The zero-order chi connectivity index (χ0) is 19.2. The second kappa shape index (κ2) is 8.92. The first kappa shape index (κ1) is 19.2. The molecule has 0 aliphatic carbocycles. The molecule has 7 nitrogen and oxygen atoms in total. The van der Waals surface area contributed by atoms with Crippen LogP contribution in [0.15, 0.2) is 29.1 Å². The van der Waals surface area contributed by atoms with Crippen molar-refractivity contribution in [3.63, 3.8) is 0 Å². The molecule has 0 aliphatic rings. The molecule has 2 aromatic heterocycles. The van der Waals surface area contributed by atoms with E-state index in [2.05, 4.69) is 34.3 Å². The Balaban J connectivity index is 1.66. The molecule has 0 aliphatic heterocycles. The first-order valence-corrected chi connectivity index (χ1v) is 10.1. The van der Waals surface area contributed by atoms with Crippen molar-refractivity contribution in [1.29, 1.82) is 0 Å². The number of amides is 1. The molecule has 3 rings (SSSR count). The number of rotatable bonds is 8. The van der Waals surface area contributed by atoms with Crippen molar-refractivity contribution < 1.29 is 14.3 Å². The van der Waals surface area contributed by atoms with Crippen LogP contribution in [0.2, 0.25) is 0 Å². The van der Waals surface area contributed by atoms with E-state index in [0.717, 1.165) is 17.1 Å². The van der Waals surface area contributed by atoms with Crippen molar-refractivity contribution in [3.8, 4) is 11.5 Å². The van der Waals surface area contributed by atoms with Gasteiger partial charge in [-0.05, 0) is 24.1 Å². The van der Waals surface area contributed by atoms with E-state index in [0.29, 0.717) is 34.7 Å². The molecular weight excluding hydrogens is 384 g/mol. The largest absolute Gasteiger partial charge is 0.493 e. The van der Waals surface area contributed by atoms with Gasteiger partial charge in [-0.15, -0.1) is 21.5 Å². The maximum absolute atomic E-state index is 12.5. The summed E-state index contributed by atoms with van der Waals surface area (Å²) in [4.78, 5) is 16.7. The molecule has 0 saturated carbocycles. The van der Waals surface area contributed by atoms with Crippen LogP contribution in [0.3, 0.4) is 0 Å². The Morgan fingerprint density at radius 3 is 2.81 bits per heavy atom. The molecule has 0 saturated heterocycles. The standard InChI is InChI=1S/C18H20N4O3S2/c1-11(2)6-16-21-22-18(27-16)20-17(23)12-4-5-14(15(7-12)24-3)25-8-13-9-26-10-19-13/h4-5,7,9-11H,6,8H2,1-3H3,(H,20,22,23). The predicted octanol–water partition coefficient (Wildman–Crippen LogP) is 4.03. The minimum atomic E-state index is -0.272. The lowest BCUT2D eigenvalue weighted by molar-refractivity contribution is 0.102. The molecule has 1 N–H and O–H groups in total. The van der Waals surface area contributed by atoms with Gasteiger partial charge in [-0.25, -0.2) is 4.98 Å². The molecule has 2 heterocycles. The maximum Gasteiger partial charge on any atom is 0.257 e. The summed E-state index contributed by atoms with van der Waals surface area (Å²) in [6, 6.07) is 5.04. The Bertz CT molecular complexity index is 894. The monoisotopic (exact) mass is 404 g/mol. The van der Waals surface area contributed by atoms with Gasteiger partial charge in [0.05, 0.1) is 18.3 Å². The molecule has 0 atom stereocenters. The van der Waals surface area contributed by atoms with Crippen LogP contribution < -0.4 is 14.8 Å². The summed E-state index contributed by atoms with van der Waals surface area (Å²) in [5.41, 5.74) is 3.05. The summed E-state index contributed by atoms with van der Waals surface area (Å²) in [6.45, 7) is 4.57. The van der Waals surface area contributed by atoms with Crippen LogP contribution >= 0.6 is 22.7 Å². The quantitative estimate of drug-likeness (QED) is 0.610. The minimum Gasteiger partial charge on any atom is -0.493 e. The summed E-state index contributed by atoms with van der Waals surface area (Å²) in [7, 11) is 1.54. The zero-order valence-electron chi connectivity index (χ0n) is 15.3. The van der Waals surface area contributed by atoms with Crippen LogP contribution in [0.5, 0.6) is 11.5 Å². The summed E-state index contributed by atoms with van der Waals surface area (Å²) in [5.74, 6) is 1.25. The predicted molar refractivity (Wildman–Crippen MR) is 106 cm³/mol. The minimum absolute atomic E-state index is 0.272. The molecule has 1 aromatic carbocycles. The highest BCUT2D eigenvalue weighted by Crippen LogP contribution is 2.29. The lowest BCUT2D eigenvalue weighted by Crippen LogP contribution is -2.12. The normalized spacial score (nSPS) is 10.8.